The predicted molar refractivity (Wildman–Crippen MR) is 187 cm³/mol. The lowest BCUT2D eigenvalue weighted by Crippen LogP contribution is -2.58. The minimum atomic E-state index is -3.94. The first-order valence-electron chi connectivity index (χ1n) is 15.2. The Morgan fingerprint density at radius 3 is 2.35 bits per heavy atom. The van der Waals surface area contributed by atoms with Gasteiger partial charge in [0.2, 0.25) is 21.8 Å². The van der Waals surface area contributed by atoms with Crippen LogP contribution >= 0.6 is 35.4 Å². The van der Waals surface area contributed by atoms with Crippen LogP contribution in [0.25, 0.3) is 0 Å². The van der Waals surface area contributed by atoms with Crippen LogP contribution in [0.3, 0.4) is 0 Å². The second-order valence-corrected chi connectivity index (χ2v) is 15.3. The summed E-state index contributed by atoms with van der Waals surface area (Å²) < 4.78 is 47.7. The van der Waals surface area contributed by atoms with Crippen LogP contribution < -0.4 is 19.7 Å². The smallest absolute Gasteiger partial charge is 0.277 e. The van der Waals surface area contributed by atoms with Crippen LogP contribution in [0.1, 0.15) is 74.2 Å². The van der Waals surface area contributed by atoms with E-state index in [0.29, 0.717) is 32.3 Å². The van der Waals surface area contributed by atoms with Gasteiger partial charge in [-0.3, -0.25) is 14.4 Å². The molecule has 3 aromatic rings. The summed E-state index contributed by atoms with van der Waals surface area (Å²) in [5.74, 6) is -3.30. The summed E-state index contributed by atoms with van der Waals surface area (Å²) in [6, 6.07) is 12.8. The highest BCUT2D eigenvalue weighted by atomic mass is 35.5. The minimum Gasteiger partial charge on any atom is -0.477 e. The van der Waals surface area contributed by atoms with Crippen molar-refractivity contribution in [3.8, 4) is 5.75 Å². The molecule has 0 radical (unpaired) electrons. The number of rotatable bonds is 8. The number of nitrogens with one attached hydrogen (secondary N) is 2. The van der Waals surface area contributed by atoms with Gasteiger partial charge in [-0.05, 0) is 78.9 Å². The van der Waals surface area contributed by atoms with E-state index in [0.717, 1.165) is 11.2 Å². The number of fused-ring (bicyclic) bond motifs is 2. The normalized spacial score (nSPS) is 20.8. The second kappa shape index (κ2) is 13.0. The molecule has 1 saturated heterocycles. The van der Waals surface area contributed by atoms with Gasteiger partial charge in [-0.25, -0.2) is 22.4 Å². The first-order valence-corrected chi connectivity index (χ1v) is 18.3. The number of thiocarbonyl (C=S) groups is 1. The molecule has 3 unspecified atom stereocenters. The molecule has 48 heavy (non-hydrogen) atoms. The van der Waals surface area contributed by atoms with E-state index < -0.39 is 56.5 Å². The number of halogens is 3. The van der Waals surface area contributed by atoms with E-state index in [9.17, 15) is 22.4 Å². The Morgan fingerprint density at radius 2 is 1.73 bits per heavy atom. The van der Waals surface area contributed by atoms with Crippen LogP contribution in [0, 0.1) is 12.7 Å². The van der Waals surface area contributed by atoms with Gasteiger partial charge in [-0.1, -0.05) is 61.4 Å². The monoisotopic (exact) mass is 733 g/mol. The molecular formula is C34H34Cl2FN3O6S2. The summed E-state index contributed by atoms with van der Waals surface area (Å²) in [5.41, 5.74) is -1.09. The summed E-state index contributed by atoms with van der Waals surface area (Å²) in [7, 11) is -3.94. The molecule has 0 bridgehead atoms. The lowest BCUT2D eigenvalue weighted by atomic mass is 9.59. The van der Waals surface area contributed by atoms with Gasteiger partial charge in [-0.2, -0.15) is 0 Å². The number of sulfonamides is 1. The van der Waals surface area contributed by atoms with E-state index in [-0.39, 0.29) is 35.7 Å². The van der Waals surface area contributed by atoms with Crippen LogP contribution in [0.4, 0.5) is 10.1 Å². The fraction of sp³-hybridized carbons (Fsp3) is 0.353. The number of anilines is 1. The van der Waals surface area contributed by atoms with Crippen molar-refractivity contribution >= 4 is 73.8 Å². The largest absolute Gasteiger partial charge is 0.477 e. The average Bonchev–Trinajstić information content (AvgIpc) is 3.25. The third-order valence-corrected chi connectivity index (χ3v) is 10.6. The molecule has 3 atom stereocenters. The molecule has 14 heteroatoms. The van der Waals surface area contributed by atoms with Gasteiger partial charge in [0.1, 0.15) is 17.0 Å². The number of piperidine rings is 1. The summed E-state index contributed by atoms with van der Waals surface area (Å²) >= 11 is 18.8. The number of hydrogen-bond donors (Lipinski definition) is 2. The molecule has 2 aliphatic heterocycles. The van der Waals surface area contributed by atoms with E-state index >= 15 is 4.79 Å². The van der Waals surface area contributed by atoms with E-state index in [2.05, 4.69) is 5.32 Å². The lowest BCUT2D eigenvalue weighted by molar-refractivity contribution is -0.136. The van der Waals surface area contributed by atoms with Crippen LogP contribution in [0.2, 0.25) is 10.0 Å². The van der Waals surface area contributed by atoms with Crippen molar-refractivity contribution in [1.29, 1.82) is 0 Å². The number of aryl methyl sites for hydroxylation is 1. The number of hydrogen-bond acceptors (Lipinski definition) is 7. The quantitative estimate of drug-likeness (QED) is 0.254. The first-order chi connectivity index (χ1) is 22.5. The number of amides is 3. The Morgan fingerprint density at radius 1 is 1.08 bits per heavy atom. The van der Waals surface area contributed by atoms with Crippen molar-refractivity contribution in [1.82, 2.24) is 10.0 Å². The summed E-state index contributed by atoms with van der Waals surface area (Å²) in [6.45, 7) is 6.43. The summed E-state index contributed by atoms with van der Waals surface area (Å²) in [5, 5.41) is 3.86. The Kier molecular flexibility index (Phi) is 9.70. The molecule has 9 nitrogen and oxygen atoms in total. The van der Waals surface area contributed by atoms with Gasteiger partial charge in [0.15, 0.2) is 5.60 Å². The third kappa shape index (κ3) is 6.08. The maximum absolute atomic E-state index is 15.1. The summed E-state index contributed by atoms with van der Waals surface area (Å²) in [6.07, 6.45) is 1.12. The number of carbonyl (C=O) groups is 3. The molecule has 0 saturated carbocycles. The van der Waals surface area contributed by atoms with E-state index in [4.69, 9.17) is 40.2 Å². The zero-order valence-electron chi connectivity index (χ0n) is 26.8. The summed E-state index contributed by atoms with van der Waals surface area (Å²) in [4.78, 5) is 43.2. The van der Waals surface area contributed by atoms with Crippen LogP contribution in [-0.2, 0) is 29.8 Å². The van der Waals surface area contributed by atoms with Gasteiger partial charge in [0, 0.05) is 34.9 Å². The lowest BCUT2D eigenvalue weighted by Gasteiger charge is -2.48. The topological polar surface area (TPSA) is 122 Å². The van der Waals surface area contributed by atoms with Crippen molar-refractivity contribution in [2.45, 2.75) is 69.9 Å². The van der Waals surface area contributed by atoms with E-state index in [1.54, 1.807) is 57.2 Å². The molecule has 0 aromatic heterocycles. The Bertz CT molecular complexity index is 1970. The molecule has 2 N–H and O–H groups in total. The highest BCUT2D eigenvalue weighted by Gasteiger charge is 2.64. The fourth-order valence-electron chi connectivity index (χ4n) is 6.98. The third-order valence-electron chi connectivity index (χ3n) is 9.26. The highest BCUT2D eigenvalue weighted by Crippen LogP contribution is 2.61. The van der Waals surface area contributed by atoms with Crippen LogP contribution in [0.5, 0.6) is 5.75 Å². The fourth-order valence-corrected chi connectivity index (χ4v) is 8.13. The standard InChI is InChI=1S/C34H34Cl2FN3O6S2/c1-6-33(7-2,31(42)39-48(5,44)45)46-28-13-10-20(35)14-24(28)26-17-29(47)38-30(23-16-22(37)11-8-18(23)3)34(26)25-12-9-21(36)15-27(25)40(19(4)41)32(34)43/h8-16,26,30H,6-7,17H2,1-5H3,(H,38,47)(H,39,42). The Hall–Kier alpha value is -3.58. The van der Waals surface area contributed by atoms with Crippen molar-refractivity contribution in [3.05, 3.63) is 92.7 Å². The van der Waals surface area contributed by atoms with Gasteiger partial charge < -0.3 is 10.1 Å². The van der Waals surface area contributed by atoms with Gasteiger partial charge in [-0.15, -0.1) is 0 Å². The highest BCUT2D eigenvalue weighted by molar-refractivity contribution is 7.89. The van der Waals surface area contributed by atoms with Crippen LogP contribution in [-0.4, -0.2) is 43.0 Å². The molecule has 3 amide bonds. The van der Waals surface area contributed by atoms with Gasteiger partial charge in [0.25, 0.3) is 5.91 Å². The first kappa shape index (κ1) is 35.7. The predicted octanol–water partition coefficient (Wildman–Crippen LogP) is 6.43. The molecular weight excluding hydrogens is 700 g/mol. The molecule has 2 aliphatic rings. The van der Waals surface area contributed by atoms with Crippen molar-refractivity contribution in [3.63, 3.8) is 0 Å². The maximum atomic E-state index is 15.1. The van der Waals surface area contributed by atoms with Crippen molar-refractivity contribution < 1.29 is 31.9 Å². The van der Waals surface area contributed by atoms with E-state index in [1.165, 1.54) is 25.1 Å². The average molecular weight is 735 g/mol. The maximum Gasteiger partial charge on any atom is 0.277 e. The second-order valence-electron chi connectivity index (χ2n) is 12.1. The molecule has 2 heterocycles. The SMILES string of the molecule is CCC(CC)(Oc1ccc(Cl)cc1C1CC(=S)NC(c2cc(F)ccc2C)C12C(=O)N(C(C)=O)c1cc(Cl)ccc12)C(=O)NS(C)(=O)=O. The van der Waals surface area contributed by atoms with Gasteiger partial charge in [0.05, 0.1) is 23.0 Å². The van der Waals surface area contributed by atoms with E-state index in [1.807, 2.05) is 4.72 Å². The number of ether oxygens (including phenoxy) is 1. The van der Waals surface area contributed by atoms with Crippen molar-refractivity contribution in [2.24, 2.45) is 0 Å². The molecule has 254 valence electrons. The molecule has 1 spiro atoms. The minimum absolute atomic E-state index is 0.0667. The van der Waals surface area contributed by atoms with Crippen LogP contribution in [0.15, 0.2) is 54.6 Å². The number of carbonyl (C=O) groups excluding carboxylic acids is 3. The van der Waals surface area contributed by atoms with Gasteiger partial charge >= 0.3 is 0 Å². The number of imide groups is 1. The molecule has 0 aliphatic carbocycles. The van der Waals surface area contributed by atoms with Crippen molar-refractivity contribution in [2.75, 3.05) is 11.2 Å². The zero-order valence-corrected chi connectivity index (χ0v) is 30.0. The number of nitrogens with zero attached hydrogens (tertiary/aromatic N) is 1. The zero-order chi connectivity index (χ0) is 35.3. The Balaban J connectivity index is 1.84. The molecule has 5 rings (SSSR count). The molecule has 1 fully saturated rings. The number of benzene rings is 3. The molecule has 3 aromatic carbocycles. The Labute approximate surface area is 294 Å².